The second kappa shape index (κ2) is 6.25. The average Bonchev–Trinajstić information content (AvgIpc) is 2.46. The first kappa shape index (κ1) is 16.8. The maximum atomic E-state index is 12.1. The number of halogens is 1. The van der Waals surface area contributed by atoms with Gasteiger partial charge < -0.3 is 9.64 Å². The van der Waals surface area contributed by atoms with Crippen LogP contribution in [0, 0.1) is 11.3 Å². The van der Waals surface area contributed by atoms with E-state index in [-0.39, 0.29) is 6.09 Å². The monoisotopic (exact) mass is 365 g/mol. The quantitative estimate of drug-likeness (QED) is 0.761. The second-order valence-corrected chi connectivity index (χ2v) is 7.35. The van der Waals surface area contributed by atoms with E-state index in [9.17, 15) is 10.1 Å². The number of aromatic nitrogens is 1. The Morgan fingerprint density at radius 2 is 2.09 bits per heavy atom. The number of likely N-dealkylation sites (tertiary alicyclic amines) is 1. The van der Waals surface area contributed by atoms with Crippen LogP contribution < -0.4 is 0 Å². The molecule has 0 aromatic carbocycles. The molecule has 22 heavy (non-hydrogen) atoms. The smallest absolute Gasteiger partial charge is 0.410 e. The highest BCUT2D eigenvalue weighted by molar-refractivity contribution is 9.10. The predicted octanol–water partition coefficient (Wildman–Crippen LogP) is 3.64. The van der Waals surface area contributed by atoms with Crippen molar-refractivity contribution in [1.82, 2.24) is 9.88 Å². The van der Waals surface area contributed by atoms with Gasteiger partial charge in [0.05, 0.1) is 11.8 Å². The van der Waals surface area contributed by atoms with Crippen molar-refractivity contribution in [2.75, 3.05) is 13.1 Å². The molecule has 0 aliphatic carbocycles. The van der Waals surface area contributed by atoms with E-state index < -0.39 is 11.0 Å². The summed E-state index contributed by atoms with van der Waals surface area (Å²) in [6.07, 6.45) is 2.48. The number of piperidine rings is 1. The third-order valence-corrected chi connectivity index (χ3v) is 4.33. The van der Waals surface area contributed by atoms with Crippen LogP contribution in [-0.2, 0) is 10.2 Å². The van der Waals surface area contributed by atoms with Gasteiger partial charge in [-0.25, -0.2) is 4.79 Å². The Hall–Kier alpha value is -1.61. The summed E-state index contributed by atoms with van der Waals surface area (Å²) in [6.45, 7) is 6.52. The van der Waals surface area contributed by atoms with Crippen LogP contribution in [0.4, 0.5) is 4.79 Å². The third kappa shape index (κ3) is 3.58. The molecular weight excluding hydrogens is 346 g/mol. The molecule has 1 aliphatic heterocycles. The molecular formula is C16H20BrN3O2. The molecule has 1 fully saturated rings. The number of hydrogen-bond donors (Lipinski definition) is 0. The number of ether oxygens (including phenoxy) is 1. The Morgan fingerprint density at radius 3 is 2.59 bits per heavy atom. The molecule has 0 saturated carbocycles. The third-order valence-electron chi connectivity index (χ3n) is 3.69. The van der Waals surface area contributed by atoms with Crippen LogP contribution in [-0.4, -0.2) is 34.7 Å². The van der Waals surface area contributed by atoms with Crippen LogP contribution >= 0.6 is 15.9 Å². The Morgan fingerprint density at radius 1 is 1.45 bits per heavy atom. The summed E-state index contributed by atoms with van der Waals surface area (Å²) in [5.41, 5.74) is -0.412. The largest absolute Gasteiger partial charge is 0.444 e. The molecule has 1 amide bonds. The highest BCUT2D eigenvalue weighted by atomic mass is 79.9. The summed E-state index contributed by atoms with van der Waals surface area (Å²) < 4.78 is 6.22. The lowest BCUT2D eigenvalue weighted by molar-refractivity contribution is 0.0183. The number of amides is 1. The minimum absolute atomic E-state index is 0.320. The first-order chi connectivity index (χ1) is 10.3. The van der Waals surface area contributed by atoms with Crippen molar-refractivity contribution < 1.29 is 9.53 Å². The zero-order chi connectivity index (χ0) is 16.4. The minimum atomic E-state index is -0.654. The van der Waals surface area contributed by atoms with Gasteiger partial charge in [-0.3, -0.25) is 4.98 Å². The standard InChI is InChI=1S/C16H20BrN3O2/c1-15(2,3)22-14(21)20-9-6-16(11-18,7-10-20)13-12(17)5-4-8-19-13/h4-5,8H,6-7,9-10H2,1-3H3. The van der Waals surface area contributed by atoms with Crippen LogP contribution in [0.25, 0.3) is 0 Å². The van der Waals surface area contributed by atoms with Crippen molar-refractivity contribution in [3.63, 3.8) is 0 Å². The summed E-state index contributed by atoms with van der Waals surface area (Å²) in [4.78, 5) is 18.1. The lowest BCUT2D eigenvalue weighted by Gasteiger charge is -2.37. The number of hydrogen-bond acceptors (Lipinski definition) is 4. The highest BCUT2D eigenvalue weighted by Crippen LogP contribution is 2.37. The van der Waals surface area contributed by atoms with Gasteiger partial charge in [0, 0.05) is 23.8 Å². The maximum absolute atomic E-state index is 12.1. The SMILES string of the molecule is CC(C)(C)OC(=O)N1CCC(C#N)(c2ncccc2Br)CC1. The predicted molar refractivity (Wildman–Crippen MR) is 86.3 cm³/mol. The summed E-state index contributed by atoms with van der Waals surface area (Å²) in [7, 11) is 0. The van der Waals surface area contributed by atoms with Crippen molar-refractivity contribution in [2.24, 2.45) is 0 Å². The molecule has 0 N–H and O–H groups in total. The van der Waals surface area contributed by atoms with Gasteiger partial charge in [0.15, 0.2) is 0 Å². The molecule has 0 unspecified atom stereocenters. The second-order valence-electron chi connectivity index (χ2n) is 6.50. The van der Waals surface area contributed by atoms with E-state index in [0.29, 0.717) is 25.9 Å². The molecule has 1 aromatic rings. The van der Waals surface area contributed by atoms with E-state index in [4.69, 9.17) is 4.74 Å². The van der Waals surface area contributed by atoms with Gasteiger partial charge >= 0.3 is 6.09 Å². The Kier molecular flexibility index (Phi) is 4.76. The molecule has 6 heteroatoms. The zero-order valence-corrected chi connectivity index (χ0v) is 14.7. The minimum Gasteiger partial charge on any atom is -0.444 e. The highest BCUT2D eigenvalue weighted by Gasteiger charge is 2.41. The summed E-state index contributed by atoms with van der Waals surface area (Å²) in [6, 6.07) is 6.13. The molecule has 1 aliphatic rings. The Balaban J connectivity index is 2.11. The summed E-state index contributed by atoms with van der Waals surface area (Å²) in [5.74, 6) is 0. The van der Waals surface area contributed by atoms with Crippen LogP contribution in [0.5, 0.6) is 0 Å². The fourth-order valence-electron chi connectivity index (χ4n) is 2.54. The number of carbonyl (C=O) groups is 1. The molecule has 0 radical (unpaired) electrons. The van der Waals surface area contributed by atoms with Crippen LogP contribution in [0.1, 0.15) is 39.3 Å². The molecule has 5 nitrogen and oxygen atoms in total. The van der Waals surface area contributed by atoms with Gasteiger partial charge in [-0.05, 0) is 61.7 Å². The average molecular weight is 366 g/mol. The van der Waals surface area contributed by atoms with Crippen LogP contribution in [0.3, 0.4) is 0 Å². The first-order valence-corrected chi connectivity index (χ1v) is 8.07. The Bertz CT molecular complexity index is 596. The number of nitrogens with zero attached hydrogens (tertiary/aromatic N) is 3. The first-order valence-electron chi connectivity index (χ1n) is 7.28. The van der Waals surface area contributed by atoms with Gasteiger partial charge in [-0.2, -0.15) is 5.26 Å². The number of pyridine rings is 1. The lowest BCUT2D eigenvalue weighted by Crippen LogP contribution is -2.46. The fourth-order valence-corrected chi connectivity index (χ4v) is 3.17. The molecule has 0 spiro atoms. The lowest BCUT2D eigenvalue weighted by atomic mass is 9.76. The van der Waals surface area contributed by atoms with Gasteiger partial charge in [0.1, 0.15) is 11.0 Å². The topological polar surface area (TPSA) is 66.2 Å². The van der Waals surface area contributed by atoms with Gasteiger partial charge in [0.2, 0.25) is 0 Å². The van der Waals surface area contributed by atoms with Crippen molar-refractivity contribution in [2.45, 2.75) is 44.6 Å². The van der Waals surface area contributed by atoms with Gasteiger partial charge in [0.25, 0.3) is 0 Å². The van der Waals surface area contributed by atoms with Gasteiger partial charge in [-0.1, -0.05) is 0 Å². The van der Waals surface area contributed by atoms with Crippen molar-refractivity contribution in [3.05, 3.63) is 28.5 Å². The van der Waals surface area contributed by atoms with Crippen molar-refractivity contribution in [1.29, 1.82) is 5.26 Å². The van der Waals surface area contributed by atoms with E-state index in [1.54, 1.807) is 11.1 Å². The Labute approximate surface area is 139 Å². The zero-order valence-electron chi connectivity index (χ0n) is 13.1. The van der Waals surface area contributed by atoms with Crippen molar-refractivity contribution >= 4 is 22.0 Å². The van der Waals surface area contributed by atoms with E-state index in [1.807, 2.05) is 32.9 Å². The van der Waals surface area contributed by atoms with Gasteiger partial charge in [-0.15, -0.1) is 0 Å². The summed E-state index contributed by atoms with van der Waals surface area (Å²) >= 11 is 3.47. The molecule has 2 heterocycles. The van der Waals surface area contributed by atoms with E-state index >= 15 is 0 Å². The van der Waals surface area contributed by atoms with Crippen LogP contribution in [0.15, 0.2) is 22.8 Å². The van der Waals surface area contributed by atoms with Crippen LogP contribution in [0.2, 0.25) is 0 Å². The molecule has 1 aromatic heterocycles. The maximum Gasteiger partial charge on any atom is 0.410 e. The summed E-state index contributed by atoms with van der Waals surface area (Å²) in [5, 5.41) is 9.69. The fraction of sp³-hybridized carbons (Fsp3) is 0.562. The molecule has 1 saturated heterocycles. The van der Waals surface area contributed by atoms with E-state index in [1.165, 1.54) is 0 Å². The molecule has 2 rings (SSSR count). The molecule has 118 valence electrons. The number of carbonyl (C=O) groups excluding carboxylic acids is 1. The number of nitriles is 1. The van der Waals surface area contributed by atoms with E-state index in [2.05, 4.69) is 27.0 Å². The normalized spacial score (nSPS) is 17.7. The molecule has 0 bridgehead atoms. The van der Waals surface area contributed by atoms with E-state index in [0.717, 1.165) is 10.2 Å². The molecule has 0 atom stereocenters. The van der Waals surface area contributed by atoms with Crippen molar-refractivity contribution in [3.8, 4) is 6.07 Å². The number of rotatable bonds is 1.